The molecule has 0 aromatic heterocycles. The highest BCUT2D eigenvalue weighted by Gasteiger charge is 2.23. The maximum absolute atomic E-state index is 10.3. The quantitative estimate of drug-likeness (QED) is 0.329. The number of anilines is 1. The smallest absolute Gasteiger partial charge is 0.148 e. The predicted molar refractivity (Wildman–Crippen MR) is 86.5 cm³/mol. The molecule has 116 valence electrons. The van der Waals surface area contributed by atoms with E-state index in [4.69, 9.17) is 28.4 Å². The third-order valence-corrected chi connectivity index (χ3v) is 4.30. The van der Waals surface area contributed by atoms with Crippen molar-refractivity contribution in [2.75, 3.05) is 5.32 Å². The number of nitrogens with one attached hydrogen (secondary N) is 1. The fraction of sp³-hybridized carbons (Fsp3) is 0.533. The van der Waals surface area contributed by atoms with Gasteiger partial charge in [-0.3, -0.25) is 0 Å². The number of oxime groups is 1. The lowest BCUT2D eigenvalue weighted by atomic mass is 9.84. The third kappa shape index (κ3) is 5.06. The van der Waals surface area contributed by atoms with Crippen molar-refractivity contribution in [3.63, 3.8) is 0 Å². The van der Waals surface area contributed by atoms with Gasteiger partial charge in [-0.2, -0.15) is 0 Å². The van der Waals surface area contributed by atoms with Crippen molar-refractivity contribution in [2.24, 2.45) is 11.1 Å². The van der Waals surface area contributed by atoms with Crippen molar-refractivity contribution >= 4 is 34.7 Å². The minimum Gasteiger partial charge on any atom is -0.409 e. The number of hydrogen-bond donors (Lipinski definition) is 3. The normalized spacial score (nSPS) is 18.5. The van der Waals surface area contributed by atoms with Gasteiger partial charge in [-0.15, -0.1) is 0 Å². The van der Waals surface area contributed by atoms with Gasteiger partial charge in [0.25, 0.3) is 0 Å². The largest absolute Gasteiger partial charge is 0.409 e. The fourth-order valence-electron chi connectivity index (χ4n) is 2.79. The van der Waals surface area contributed by atoms with Crippen molar-refractivity contribution in [1.82, 2.24) is 0 Å². The summed E-state index contributed by atoms with van der Waals surface area (Å²) in [6, 6.07) is 5.00. The summed E-state index contributed by atoms with van der Waals surface area (Å²) in [5.41, 5.74) is 0.635. The average Bonchev–Trinajstić information content (AvgIpc) is 2.46. The molecule has 0 heterocycles. The molecule has 0 spiro atoms. The SMILES string of the molecule is ON=C(CC(O)C1CCCCC1)Nc1cc(Cl)cc(Cl)c1. The van der Waals surface area contributed by atoms with E-state index in [1.165, 1.54) is 6.42 Å². The van der Waals surface area contributed by atoms with Gasteiger partial charge in [-0.05, 0) is 37.0 Å². The van der Waals surface area contributed by atoms with Gasteiger partial charge in [-0.25, -0.2) is 0 Å². The number of hydrogen-bond acceptors (Lipinski definition) is 3. The lowest BCUT2D eigenvalue weighted by Gasteiger charge is -2.26. The first-order valence-electron chi connectivity index (χ1n) is 7.20. The lowest BCUT2D eigenvalue weighted by molar-refractivity contribution is 0.0903. The zero-order valence-electron chi connectivity index (χ0n) is 11.7. The Labute approximate surface area is 134 Å². The maximum Gasteiger partial charge on any atom is 0.148 e. The summed E-state index contributed by atoms with van der Waals surface area (Å²) in [5.74, 6) is 0.589. The number of halogens is 2. The van der Waals surface area contributed by atoms with Crippen LogP contribution in [0.2, 0.25) is 10.0 Å². The van der Waals surface area contributed by atoms with E-state index in [2.05, 4.69) is 10.5 Å². The zero-order chi connectivity index (χ0) is 15.2. The van der Waals surface area contributed by atoms with Gasteiger partial charge in [0.1, 0.15) is 5.84 Å². The Kier molecular flexibility index (Phi) is 6.15. The van der Waals surface area contributed by atoms with E-state index in [9.17, 15) is 5.11 Å². The standard InChI is InChI=1S/C15H20Cl2N2O2/c16-11-6-12(17)8-13(7-11)18-15(19-21)9-14(20)10-4-2-1-3-5-10/h6-8,10,14,20-21H,1-5,9H2,(H,18,19). The molecule has 1 aromatic rings. The monoisotopic (exact) mass is 330 g/mol. The first-order valence-corrected chi connectivity index (χ1v) is 7.96. The van der Waals surface area contributed by atoms with Crippen molar-refractivity contribution in [3.8, 4) is 0 Å². The van der Waals surface area contributed by atoms with Crippen LogP contribution in [0.3, 0.4) is 0 Å². The van der Waals surface area contributed by atoms with E-state index < -0.39 is 6.10 Å². The minimum absolute atomic E-state index is 0.278. The molecular formula is C15H20Cl2N2O2. The Hall–Kier alpha value is -0.970. The van der Waals surface area contributed by atoms with Gasteiger partial charge < -0.3 is 15.6 Å². The Morgan fingerprint density at radius 2 is 1.81 bits per heavy atom. The number of aliphatic hydroxyl groups is 1. The van der Waals surface area contributed by atoms with Crippen LogP contribution in [0.25, 0.3) is 0 Å². The first kappa shape index (κ1) is 16.4. The van der Waals surface area contributed by atoms with E-state index in [0.29, 0.717) is 21.6 Å². The molecule has 1 aromatic carbocycles. The van der Waals surface area contributed by atoms with Crippen LogP contribution in [0, 0.1) is 5.92 Å². The van der Waals surface area contributed by atoms with Crippen molar-refractivity contribution in [1.29, 1.82) is 0 Å². The molecule has 21 heavy (non-hydrogen) atoms. The minimum atomic E-state index is -0.502. The van der Waals surface area contributed by atoms with Crippen molar-refractivity contribution in [3.05, 3.63) is 28.2 Å². The molecule has 0 radical (unpaired) electrons. The highest BCUT2D eigenvalue weighted by Crippen LogP contribution is 2.28. The molecule has 3 N–H and O–H groups in total. The molecule has 1 aliphatic rings. The Bertz CT molecular complexity index is 482. The molecule has 2 rings (SSSR count). The fourth-order valence-corrected chi connectivity index (χ4v) is 3.32. The molecule has 0 bridgehead atoms. The molecular weight excluding hydrogens is 311 g/mol. The zero-order valence-corrected chi connectivity index (χ0v) is 13.2. The molecule has 1 atom stereocenters. The second kappa shape index (κ2) is 7.87. The highest BCUT2D eigenvalue weighted by atomic mass is 35.5. The van der Waals surface area contributed by atoms with E-state index in [1.807, 2.05) is 0 Å². The topological polar surface area (TPSA) is 64.9 Å². The highest BCUT2D eigenvalue weighted by molar-refractivity contribution is 6.35. The molecule has 1 aliphatic carbocycles. The van der Waals surface area contributed by atoms with Crippen molar-refractivity contribution in [2.45, 2.75) is 44.6 Å². The molecule has 1 unspecified atom stereocenters. The molecule has 4 nitrogen and oxygen atoms in total. The van der Waals surface area contributed by atoms with Crippen LogP contribution in [-0.4, -0.2) is 22.3 Å². The summed E-state index contributed by atoms with van der Waals surface area (Å²) in [4.78, 5) is 0. The Morgan fingerprint density at radius 1 is 1.19 bits per heavy atom. The molecule has 0 saturated heterocycles. The third-order valence-electron chi connectivity index (χ3n) is 3.87. The van der Waals surface area contributed by atoms with E-state index in [0.717, 1.165) is 25.7 Å². The van der Waals surface area contributed by atoms with Gasteiger partial charge in [0.2, 0.25) is 0 Å². The second-order valence-corrected chi connectivity index (χ2v) is 6.37. The number of benzene rings is 1. The van der Waals surface area contributed by atoms with Crippen LogP contribution < -0.4 is 5.32 Å². The summed E-state index contributed by atoms with van der Waals surface area (Å²) in [6.45, 7) is 0. The summed E-state index contributed by atoms with van der Waals surface area (Å²) in [5, 5.41) is 26.6. The van der Waals surface area contributed by atoms with Crippen LogP contribution in [0.15, 0.2) is 23.4 Å². The van der Waals surface area contributed by atoms with Crippen LogP contribution in [-0.2, 0) is 0 Å². The first-order chi connectivity index (χ1) is 10.1. The summed E-state index contributed by atoms with van der Waals surface area (Å²) >= 11 is 11.9. The average molecular weight is 331 g/mol. The van der Waals surface area contributed by atoms with E-state index in [-0.39, 0.29) is 12.3 Å². The van der Waals surface area contributed by atoms with Crippen LogP contribution in [0.5, 0.6) is 0 Å². The van der Waals surface area contributed by atoms with E-state index in [1.54, 1.807) is 18.2 Å². The summed E-state index contributed by atoms with van der Waals surface area (Å²) in [6.07, 6.45) is 5.40. The molecule has 6 heteroatoms. The van der Waals surface area contributed by atoms with E-state index >= 15 is 0 Å². The maximum atomic E-state index is 10.3. The van der Waals surface area contributed by atoms with Gasteiger partial charge in [0.15, 0.2) is 0 Å². The second-order valence-electron chi connectivity index (χ2n) is 5.50. The van der Waals surface area contributed by atoms with Crippen LogP contribution in [0.4, 0.5) is 5.69 Å². The van der Waals surface area contributed by atoms with Crippen molar-refractivity contribution < 1.29 is 10.3 Å². The molecule has 1 fully saturated rings. The Morgan fingerprint density at radius 3 is 2.38 bits per heavy atom. The number of nitrogens with zero attached hydrogens (tertiary/aromatic N) is 1. The van der Waals surface area contributed by atoms with Crippen LogP contribution >= 0.6 is 23.2 Å². The number of aliphatic hydroxyl groups excluding tert-OH is 1. The predicted octanol–water partition coefficient (Wildman–Crippen LogP) is 4.52. The molecule has 0 aliphatic heterocycles. The molecule has 0 amide bonds. The lowest BCUT2D eigenvalue weighted by Crippen LogP contribution is -2.28. The van der Waals surface area contributed by atoms with Crippen LogP contribution in [0.1, 0.15) is 38.5 Å². The number of amidine groups is 1. The van der Waals surface area contributed by atoms with Gasteiger partial charge >= 0.3 is 0 Å². The van der Waals surface area contributed by atoms with Gasteiger partial charge in [-0.1, -0.05) is 47.6 Å². The van der Waals surface area contributed by atoms with Gasteiger partial charge in [0.05, 0.1) is 6.10 Å². The summed E-state index contributed by atoms with van der Waals surface area (Å²) in [7, 11) is 0. The number of rotatable bonds is 4. The summed E-state index contributed by atoms with van der Waals surface area (Å²) < 4.78 is 0. The Balaban J connectivity index is 1.96. The van der Waals surface area contributed by atoms with Gasteiger partial charge in [0, 0.05) is 22.2 Å². The molecule has 1 saturated carbocycles.